The number of halogens is 4. The third-order valence-corrected chi connectivity index (χ3v) is 3.12. The predicted molar refractivity (Wildman–Crippen MR) is 75.3 cm³/mol. The van der Waals surface area contributed by atoms with Gasteiger partial charge in [-0.05, 0) is 58.4 Å². The van der Waals surface area contributed by atoms with E-state index in [2.05, 4.69) is 26.0 Å². The quantitative estimate of drug-likeness (QED) is 0.844. The van der Waals surface area contributed by atoms with Crippen LogP contribution in [-0.4, -0.2) is 6.36 Å². The van der Waals surface area contributed by atoms with Gasteiger partial charge in [-0.1, -0.05) is 0 Å². The van der Waals surface area contributed by atoms with E-state index in [4.69, 9.17) is 5.26 Å². The van der Waals surface area contributed by atoms with Gasteiger partial charge in [0.05, 0.1) is 5.56 Å². The van der Waals surface area contributed by atoms with Crippen molar-refractivity contribution in [1.29, 1.82) is 5.26 Å². The Morgan fingerprint density at radius 2 is 1.67 bits per heavy atom. The molecule has 0 amide bonds. The van der Waals surface area contributed by atoms with Crippen molar-refractivity contribution in [2.75, 3.05) is 5.32 Å². The van der Waals surface area contributed by atoms with Crippen LogP contribution >= 0.6 is 15.9 Å². The molecule has 0 saturated carbocycles. The van der Waals surface area contributed by atoms with Crippen molar-refractivity contribution < 1.29 is 17.9 Å². The number of alkyl halides is 3. The molecule has 2 aromatic rings. The molecular weight excluding hydrogens is 349 g/mol. The maximum Gasteiger partial charge on any atom is 0.573 e. The fourth-order valence-electron chi connectivity index (χ4n) is 1.59. The van der Waals surface area contributed by atoms with Crippen molar-refractivity contribution in [2.45, 2.75) is 6.36 Å². The van der Waals surface area contributed by atoms with Gasteiger partial charge in [0.2, 0.25) is 0 Å². The molecule has 0 aromatic heterocycles. The first kappa shape index (κ1) is 15.2. The maximum absolute atomic E-state index is 12.0. The van der Waals surface area contributed by atoms with Crippen LogP contribution in [0.25, 0.3) is 0 Å². The lowest BCUT2D eigenvalue weighted by Gasteiger charge is -2.10. The zero-order valence-electron chi connectivity index (χ0n) is 10.4. The van der Waals surface area contributed by atoms with Crippen molar-refractivity contribution in [3.8, 4) is 11.8 Å². The summed E-state index contributed by atoms with van der Waals surface area (Å²) in [6, 6.07) is 12.4. The molecular formula is C14H8BrF3N2O. The highest BCUT2D eigenvalue weighted by molar-refractivity contribution is 9.10. The van der Waals surface area contributed by atoms with Gasteiger partial charge in [0.25, 0.3) is 0 Å². The van der Waals surface area contributed by atoms with E-state index in [1.165, 1.54) is 24.3 Å². The summed E-state index contributed by atoms with van der Waals surface area (Å²) in [6.07, 6.45) is -4.70. The second-order valence-electron chi connectivity index (χ2n) is 4.00. The topological polar surface area (TPSA) is 45.0 Å². The summed E-state index contributed by atoms with van der Waals surface area (Å²) in [5.41, 5.74) is 1.79. The van der Waals surface area contributed by atoms with E-state index in [-0.39, 0.29) is 5.75 Å². The fourth-order valence-corrected chi connectivity index (χ4v) is 2.06. The Kier molecular flexibility index (Phi) is 4.38. The largest absolute Gasteiger partial charge is 0.573 e. The Hall–Kier alpha value is -2.20. The molecule has 3 nitrogen and oxygen atoms in total. The molecule has 0 bridgehead atoms. The molecule has 7 heteroatoms. The van der Waals surface area contributed by atoms with Gasteiger partial charge in [-0.2, -0.15) is 5.26 Å². The third kappa shape index (κ3) is 4.39. The smallest absolute Gasteiger partial charge is 0.406 e. The van der Waals surface area contributed by atoms with Gasteiger partial charge >= 0.3 is 6.36 Å². The monoisotopic (exact) mass is 356 g/mol. The Morgan fingerprint density at radius 1 is 1.05 bits per heavy atom. The number of ether oxygens (including phenoxy) is 1. The van der Waals surface area contributed by atoms with E-state index in [0.29, 0.717) is 21.4 Å². The van der Waals surface area contributed by atoms with Crippen LogP contribution in [0.2, 0.25) is 0 Å². The molecule has 108 valence electrons. The van der Waals surface area contributed by atoms with Crippen molar-refractivity contribution in [1.82, 2.24) is 0 Å². The van der Waals surface area contributed by atoms with Crippen molar-refractivity contribution in [2.24, 2.45) is 0 Å². The molecule has 1 N–H and O–H groups in total. The zero-order chi connectivity index (χ0) is 15.5. The first-order valence-electron chi connectivity index (χ1n) is 5.70. The average Bonchev–Trinajstić information content (AvgIpc) is 2.40. The van der Waals surface area contributed by atoms with Crippen LogP contribution in [0, 0.1) is 11.3 Å². The van der Waals surface area contributed by atoms with Gasteiger partial charge in [0, 0.05) is 15.8 Å². The minimum atomic E-state index is -4.70. The van der Waals surface area contributed by atoms with Gasteiger partial charge in [-0.15, -0.1) is 13.2 Å². The van der Waals surface area contributed by atoms with E-state index < -0.39 is 6.36 Å². The first-order valence-corrected chi connectivity index (χ1v) is 6.49. The minimum absolute atomic E-state index is 0.283. The van der Waals surface area contributed by atoms with Crippen LogP contribution in [-0.2, 0) is 0 Å². The molecule has 0 saturated heterocycles. The second-order valence-corrected chi connectivity index (χ2v) is 4.86. The molecule has 0 unspecified atom stereocenters. The maximum atomic E-state index is 12.0. The van der Waals surface area contributed by atoms with E-state index in [9.17, 15) is 13.2 Å². The predicted octanol–water partition coefficient (Wildman–Crippen LogP) is 4.96. The lowest BCUT2D eigenvalue weighted by molar-refractivity contribution is -0.274. The van der Waals surface area contributed by atoms with E-state index in [1.807, 2.05) is 6.07 Å². The molecule has 2 aromatic carbocycles. The van der Waals surface area contributed by atoms with Crippen LogP contribution in [0.5, 0.6) is 5.75 Å². The van der Waals surface area contributed by atoms with E-state index >= 15 is 0 Å². The van der Waals surface area contributed by atoms with Crippen LogP contribution in [0.3, 0.4) is 0 Å². The molecule has 0 aliphatic heterocycles. The van der Waals surface area contributed by atoms with Crippen molar-refractivity contribution >= 4 is 27.3 Å². The van der Waals surface area contributed by atoms with Crippen LogP contribution in [0.1, 0.15) is 5.56 Å². The summed E-state index contributed by atoms with van der Waals surface area (Å²) in [4.78, 5) is 0. The fraction of sp³-hybridized carbons (Fsp3) is 0.0714. The van der Waals surface area contributed by atoms with Gasteiger partial charge in [0.15, 0.2) is 0 Å². The van der Waals surface area contributed by atoms with Crippen molar-refractivity contribution in [3.63, 3.8) is 0 Å². The summed E-state index contributed by atoms with van der Waals surface area (Å²) in [5, 5.41) is 11.8. The molecule has 0 fully saturated rings. The summed E-state index contributed by atoms with van der Waals surface area (Å²) in [6.45, 7) is 0. The number of hydrogen-bond donors (Lipinski definition) is 1. The number of nitriles is 1. The molecule has 21 heavy (non-hydrogen) atoms. The van der Waals surface area contributed by atoms with Crippen molar-refractivity contribution in [3.05, 3.63) is 52.5 Å². The molecule has 0 radical (unpaired) electrons. The number of rotatable bonds is 3. The summed E-state index contributed by atoms with van der Waals surface area (Å²) >= 11 is 3.26. The number of nitrogens with one attached hydrogen (secondary N) is 1. The summed E-state index contributed by atoms with van der Waals surface area (Å²) < 4.78 is 40.5. The third-order valence-electron chi connectivity index (χ3n) is 2.47. The molecule has 0 aliphatic carbocycles. The lowest BCUT2D eigenvalue weighted by Crippen LogP contribution is -2.16. The second kappa shape index (κ2) is 6.06. The Morgan fingerprint density at radius 3 is 2.19 bits per heavy atom. The Bertz CT molecular complexity index is 678. The molecule has 0 atom stereocenters. The average molecular weight is 357 g/mol. The van der Waals surface area contributed by atoms with Gasteiger partial charge in [0.1, 0.15) is 11.8 Å². The van der Waals surface area contributed by atoms with Gasteiger partial charge in [-0.25, -0.2) is 0 Å². The SMILES string of the molecule is N#Cc1ccc(Nc2ccc(OC(F)(F)F)cc2)cc1Br. The molecule has 2 rings (SSSR count). The van der Waals surface area contributed by atoms with E-state index in [1.54, 1.807) is 18.2 Å². The van der Waals surface area contributed by atoms with Crippen LogP contribution < -0.4 is 10.1 Å². The van der Waals surface area contributed by atoms with Crippen LogP contribution in [0.4, 0.5) is 24.5 Å². The van der Waals surface area contributed by atoms with Crippen LogP contribution in [0.15, 0.2) is 46.9 Å². The standard InChI is InChI=1S/C14H8BrF3N2O/c15-13-7-11(2-1-9(13)8-19)20-10-3-5-12(6-4-10)21-14(16,17)18/h1-7,20H. The number of anilines is 2. The molecule has 0 aliphatic rings. The highest BCUT2D eigenvalue weighted by Gasteiger charge is 2.30. The number of hydrogen-bond acceptors (Lipinski definition) is 3. The summed E-state index contributed by atoms with van der Waals surface area (Å²) in [7, 11) is 0. The molecule has 0 heterocycles. The normalized spacial score (nSPS) is 10.8. The zero-order valence-corrected chi connectivity index (χ0v) is 12.0. The Balaban J connectivity index is 2.10. The minimum Gasteiger partial charge on any atom is -0.406 e. The lowest BCUT2D eigenvalue weighted by atomic mass is 10.2. The number of nitrogens with zero attached hydrogens (tertiary/aromatic N) is 1. The number of benzene rings is 2. The highest BCUT2D eigenvalue weighted by atomic mass is 79.9. The molecule has 0 spiro atoms. The first-order chi connectivity index (χ1) is 9.87. The van der Waals surface area contributed by atoms with E-state index in [0.717, 1.165) is 0 Å². The Labute approximate surface area is 127 Å². The highest BCUT2D eigenvalue weighted by Crippen LogP contribution is 2.27. The van der Waals surface area contributed by atoms with Gasteiger partial charge in [-0.3, -0.25) is 0 Å². The van der Waals surface area contributed by atoms with Gasteiger partial charge < -0.3 is 10.1 Å². The summed E-state index contributed by atoms with van der Waals surface area (Å²) in [5.74, 6) is -0.283.